The number of anilines is 2. The van der Waals surface area contributed by atoms with Crippen LogP contribution >= 0.6 is 0 Å². The molecule has 2 atom stereocenters. The number of halogens is 6. The van der Waals surface area contributed by atoms with E-state index < -0.39 is 35.7 Å². The zero-order chi connectivity index (χ0) is 22.0. The van der Waals surface area contributed by atoms with Crippen LogP contribution in [0.2, 0.25) is 0 Å². The van der Waals surface area contributed by atoms with E-state index in [-0.39, 0.29) is 35.6 Å². The predicted octanol–water partition coefficient (Wildman–Crippen LogP) is 3.61. The summed E-state index contributed by atoms with van der Waals surface area (Å²) < 4.78 is 82.6. The minimum Gasteiger partial charge on any atom is -0.398 e. The third-order valence-corrected chi connectivity index (χ3v) is 4.28. The highest BCUT2D eigenvalue weighted by Gasteiger charge is 2.33. The Balaban J connectivity index is 2.32. The summed E-state index contributed by atoms with van der Waals surface area (Å²) in [4.78, 5) is 0. The lowest BCUT2D eigenvalue weighted by Gasteiger charge is -2.26. The number of ether oxygens (including phenoxy) is 1. The summed E-state index contributed by atoms with van der Waals surface area (Å²) >= 11 is 0. The summed E-state index contributed by atoms with van der Waals surface area (Å²) in [6.45, 7) is -0.320. The second-order valence-electron chi connectivity index (χ2n) is 6.27. The van der Waals surface area contributed by atoms with Crippen molar-refractivity contribution < 1.29 is 31.1 Å². The molecular formula is C18H20F6N4O. The molecule has 0 spiro atoms. The van der Waals surface area contributed by atoms with Gasteiger partial charge in [0.25, 0.3) is 0 Å². The predicted molar refractivity (Wildman–Crippen MR) is 96.4 cm³/mol. The standard InChI is InChI=1S/C18H20F6N4O/c19-17(20,21)9-1-3-11(13(27)5-9)15(7-25)29-16(8-26)12-4-2-10(6-14(12)28)18(22,23)24/h1-6,15-16H,7-8,25-28H2. The summed E-state index contributed by atoms with van der Waals surface area (Å²) in [5, 5.41) is 0. The Morgan fingerprint density at radius 1 is 0.690 bits per heavy atom. The SMILES string of the molecule is NCC(OC(CN)c1ccc(C(F)(F)F)cc1N)c1ccc(C(F)(F)F)cc1N. The van der Waals surface area contributed by atoms with Gasteiger partial charge in [-0.15, -0.1) is 0 Å². The van der Waals surface area contributed by atoms with E-state index in [4.69, 9.17) is 27.7 Å². The Kier molecular flexibility index (Phi) is 6.66. The second-order valence-corrected chi connectivity index (χ2v) is 6.27. The van der Waals surface area contributed by atoms with Gasteiger partial charge in [0.1, 0.15) is 0 Å². The zero-order valence-electron chi connectivity index (χ0n) is 15.0. The van der Waals surface area contributed by atoms with Gasteiger partial charge in [-0.25, -0.2) is 0 Å². The molecule has 2 aromatic carbocycles. The Bertz CT molecular complexity index is 784. The zero-order valence-corrected chi connectivity index (χ0v) is 15.0. The highest BCUT2D eigenvalue weighted by Crippen LogP contribution is 2.37. The Morgan fingerprint density at radius 3 is 1.28 bits per heavy atom. The van der Waals surface area contributed by atoms with Crippen LogP contribution in [0.25, 0.3) is 0 Å². The first-order chi connectivity index (χ1) is 13.4. The van der Waals surface area contributed by atoms with Gasteiger partial charge in [0, 0.05) is 35.6 Å². The highest BCUT2D eigenvalue weighted by molar-refractivity contribution is 5.53. The number of alkyl halides is 6. The maximum atomic E-state index is 12.8. The Morgan fingerprint density at radius 2 is 1.03 bits per heavy atom. The van der Waals surface area contributed by atoms with Gasteiger partial charge in [-0.05, 0) is 24.3 Å². The van der Waals surface area contributed by atoms with Crippen molar-refractivity contribution in [2.45, 2.75) is 24.6 Å². The van der Waals surface area contributed by atoms with Crippen molar-refractivity contribution in [3.63, 3.8) is 0 Å². The smallest absolute Gasteiger partial charge is 0.398 e. The van der Waals surface area contributed by atoms with E-state index in [1.165, 1.54) is 0 Å². The molecule has 0 aromatic heterocycles. The van der Waals surface area contributed by atoms with Gasteiger partial charge < -0.3 is 27.7 Å². The fourth-order valence-corrected chi connectivity index (χ4v) is 2.80. The first-order valence-electron chi connectivity index (χ1n) is 8.37. The number of hydrogen-bond acceptors (Lipinski definition) is 5. The number of hydrogen-bond donors (Lipinski definition) is 4. The van der Waals surface area contributed by atoms with Crippen LogP contribution in [0.1, 0.15) is 34.5 Å². The molecule has 2 rings (SSSR count). The largest absolute Gasteiger partial charge is 0.416 e. The molecule has 5 nitrogen and oxygen atoms in total. The van der Waals surface area contributed by atoms with Crippen LogP contribution in [-0.4, -0.2) is 13.1 Å². The van der Waals surface area contributed by atoms with Gasteiger partial charge in [0.05, 0.1) is 23.3 Å². The molecule has 0 saturated carbocycles. The lowest BCUT2D eigenvalue weighted by molar-refractivity contribution is -0.138. The van der Waals surface area contributed by atoms with Crippen LogP contribution < -0.4 is 22.9 Å². The van der Waals surface area contributed by atoms with E-state index >= 15 is 0 Å². The molecule has 0 heterocycles. The minimum atomic E-state index is -4.57. The van der Waals surface area contributed by atoms with Crippen LogP contribution in [0.4, 0.5) is 37.7 Å². The summed E-state index contributed by atoms with van der Waals surface area (Å²) in [7, 11) is 0. The quantitative estimate of drug-likeness (QED) is 0.420. The average Bonchev–Trinajstić information content (AvgIpc) is 2.62. The molecule has 0 saturated heterocycles. The molecule has 2 aromatic rings. The first kappa shape index (κ1) is 22.8. The van der Waals surface area contributed by atoms with Gasteiger partial charge in [-0.1, -0.05) is 12.1 Å². The summed E-state index contributed by atoms with van der Waals surface area (Å²) in [6, 6.07) is 5.46. The van der Waals surface area contributed by atoms with Crippen molar-refractivity contribution in [1.82, 2.24) is 0 Å². The maximum Gasteiger partial charge on any atom is 0.416 e. The first-order valence-corrected chi connectivity index (χ1v) is 8.37. The lowest BCUT2D eigenvalue weighted by Crippen LogP contribution is -2.25. The van der Waals surface area contributed by atoms with Gasteiger partial charge >= 0.3 is 12.4 Å². The number of nitrogens with two attached hydrogens (primary N) is 4. The number of rotatable bonds is 6. The van der Waals surface area contributed by atoms with Gasteiger partial charge in [-0.2, -0.15) is 26.3 Å². The summed E-state index contributed by atoms with van der Waals surface area (Å²) in [5.74, 6) is 0. The fourth-order valence-electron chi connectivity index (χ4n) is 2.80. The molecule has 160 valence electrons. The molecule has 11 heteroatoms. The lowest BCUT2D eigenvalue weighted by atomic mass is 10.0. The molecule has 0 fully saturated rings. The fraction of sp³-hybridized carbons (Fsp3) is 0.333. The topological polar surface area (TPSA) is 113 Å². The van der Waals surface area contributed by atoms with Gasteiger partial charge in [0.2, 0.25) is 0 Å². The molecule has 0 bridgehead atoms. The minimum absolute atomic E-state index is 0.160. The third-order valence-electron chi connectivity index (χ3n) is 4.28. The van der Waals surface area contributed by atoms with E-state index in [9.17, 15) is 26.3 Å². The van der Waals surface area contributed by atoms with E-state index in [0.29, 0.717) is 0 Å². The monoisotopic (exact) mass is 422 g/mol. The number of benzene rings is 2. The van der Waals surface area contributed by atoms with Crippen molar-refractivity contribution in [3.8, 4) is 0 Å². The van der Waals surface area contributed by atoms with Crippen molar-refractivity contribution in [2.75, 3.05) is 24.6 Å². The molecule has 29 heavy (non-hydrogen) atoms. The van der Waals surface area contributed by atoms with E-state index in [1.54, 1.807) is 0 Å². The highest BCUT2D eigenvalue weighted by atomic mass is 19.4. The van der Waals surface area contributed by atoms with Crippen molar-refractivity contribution in [2.24, 2.45) is 11.5 Å². The van der Waals surface area contributed by atoms with E-state index in [2.05, 4.69) is 0 Å². The molecular weight excluding hydrogens is 402 g/mol. The Hall–Kier alpha value is -2.50. The van der Waals surface area contributed by atoms with E-state index in [0.717, 1.165) is 36.4 Å². The maximum absolute atomic E-state index is 12.8. The van der Waals surface area contributed by atoms with Gasteiger partial charge in [0.15, 0.2) is 0 Å². The summed E-state index contributed by atoms with van der Waals surface area (Å²) in [6.07, 6.45) is -11.0. The normalized spacial score (nSPS) is 14.6. The molecule has 0 radical (unpaired) electrons. The average molecular weight is 422 g/mol. The molecule has 0 aliphatic heterocycles. The molecule has 2 unspecified atom stereocenters. The van der Waals surface area contributed by atoms with Crippen molar-refractivity contribution in [3.05, 3.63) is 58.7 Å². The molecule has 8 N–H and O–H groups in total. The van der Waals surface area contributed by atoms with Crippen LogP contribution in [0.3, 0.4) is 0 Å². The van der Waals surface area contributed by atoms with Crippen molar-refractivity contribution in [1.29, 1.82) is 0 Å². The molecule has 0 amide bonds. The van der Waals surface area contributed by atoms with Crippen LogP contribution in [0.5, 0.6) is 0 Å². The molecule has 0 aliphatic carbocycles. The van der Waals surface area contributed by atoms with E-state index in [1.807, 2.05) is 0 Å². The Labute approximate surface area is 162 Å². The third kappa shape index (κ3) is 5.31. The van der Waals surface area contributed by atoms with Crippen molar-refractivity contribution >= 4 is 11.4 Å². The number of nitrogen functional groups attached to an aromatic ring is 2. The van der Waals surface area contributed by atoms with Crippen LogP contribution in [0, 0.1) is 0 Å². The molecule has 0 aliphatic rings. The van der Waals surface area contributed by atoms with Crippen LogP contribution in [0.15, 0.2) is 36.4 Å². The summed E-state index contributed by atoms with van der Waals surface area (Å²) in [5.41, 5.74) is 21.0. The van der Waals surface area contributed by atoms with Crippen LogP contribution in [-0.2, 0) is 17.1 Å². The van der Waals surface area contributed by atoms with Gasteiger partial charge in [-0.3, -0.25) is 0 Å². The second kappa shape index (κ2) is 8.47.